The van der Waals surface area contributed by atoms with E-state index in [1.165, 1.54) is 11.3 Å². The molecule has 1 aromatic carbocycles. The lowest BCUT2D eigenvalue weighted by Crippen LogP contribution is -2.44. The van der Waals surface area contributed by atoms with E-state index in [1.54, 1.807) is 6.92 Å². The van der Waals surface area contributed by atoms with Crippen LogP contribution in [-0.4, -0.2) is 39.1 Å². The van der Waals surface area contributed by atoms with Crippen molar-refractivity contribution in [2.75, 3.05) is 29.5 Å². The second-order valence-corrected chi connectivity index (χ2v) is 7.60. The number of hydrogen-bond acceptors (Lipinski definition) is 4. The summed E-state index contributed by atoms with van der Waals surface area (Å²) in [6.45, 7) is 3.26. The number of rotatable bonds is 5. The predicted molar refractivity (Wildman–Crippen MR) is 79.3 cm³/mol. The van der Waals surface area contributed by atoms with E-state index in [0.717, 1.165) is 19.5 Å². The van der Waals surface area contributed by atoms with Crippen LogP contribution in [0.3, 0.4) is 0 Å². The van der Waals surface area contributed by atoms with Crippen LogP contribution in [0.1, 0.15) is 18.9 Å². The highest BCUT2D eigenvalue weighted by Gasteiger charge is 2.21. The Morgan fingerprint density at radius 2 is 2.11 bits per heavy atom. The first-order chi connectivity index (χ1) is 9.02. The molecular formula is C14H22N2O2S. The lowest BCUT2D eigenvalue weighted by atomic mass is 9.98. The van der Waals surface area contributed by atoms with Crippen LogP contribution < -0.4 is 10.6 Å². The fraction of sp³-hybridized carbons (Fsp3) is 0.571. The standard InChI is InChI=1S/C14H22N2O2S/c1-2-19(17,18)9-5-8-16-11-13(15)10-12-6-3-4-7-14(12)16/h3-4,6-7,13H,2,5,8-11,15H2,1H3. The van der Waals surface area contributed by atoms with E-state index in [2.05, 4.69) is 17.0 Å². The van der Waals surface area contributed by atoms with Gasteiger partial charge in [0, 0.05) is 30.6 Å². The average Bonchev–Trinajstić information content (AvgIpc) is 2.38. The van der Waals surface area contributed by atoms with Gasteiger partial charge in [0.1, 0.15) is 9.84 Å². The van der Waals surface area contributed by atoms with Crippen molar-refractivity contribution in [1.82, 2.24) is 0 Å². The summed E-state index contributed by atoms with van der Waals surface area (Å²) in [5.41, 5.74) is 8.53. The van der Waals surface area contributed by atoms with Gasteiger partial charge in [-0.05, 0) is 24.5 Å². The van der Waals surface area contributed by atoms with E-state index in [1.807, 2.05) is 12.1 Å². The zero-order chi connectivity index (χ0) is 13.9. The largest absolute Gasteiger partial charge is 0.370 e. The molecule has 4 nitrogen and oxygen atoms in total. The van der Waals surface area contributed by atoms with Gasteiger partial charge in [0.15, 0.2) is 0 Å². The molecule has 0 aliphatic carbocycles. The molecule has 0 amide bonds. The van der Waals surface area contributed by atoms with Crippen molar-refractivity contribution in [2.24, 2.45) is 5.73 Å². The highest BCUT2D eigenvalue weighted by atomic mass is 32.2. The molecule has 0 aromatic heterocycles. The monoisotopic (exact) mass is 282 g/mol. The van der Waals surface area contributed by atoms with Crippen molar-refractivity contribution >= 4 is 15.5 Å². The highest BCUT2D eigenvalue weighted by molar-refractivity contribution is 7.91. The maximum absolute atomic E-state index is 11.5. The molecule has 19 heavy (non-hydrogen) atoms. The molecule has 0 bridgehead atoms. The van der Waals surface area contributed by atoms with Crippen LogP contribution in [0.15, 0.2) is 24.3 Å². The van der Waals surface area contributed by atoms with Gasteiger partial charge in [-0.15, -0.1) is 0 Å². The maximum Gasteiger partial charge on any atom is 0.150 e. The highest BCUT2D eigenvalue weighted by Crippen LogP contribution is 2.26. The van der Waals surface area contributed by atoms with Crippen molar-refractivity contribution in [2.45, 2.75) is 25.8 Å². The average molecular weight is 282 g/mol. The summed E-state index contributed by atoms with van der Waals surface area (Å²) in [5, 5.41) is 0. The van der Waals surface area contributed by atoms with E-state index in [9.17, 15) is 8.42 Å². The number of benzene rings is 1. The first-order valence-electron chi connectivity index (χ1n) is 6.80. The fourth-order valence-electron chi connectivity index (χ4n) is 2.55. The van der Waals surface area contributed by atoms with Crippen LogP contribution in [0.4, 0.5) is 5.69 Å². The van der Waals surface area contributed by atoms with Crippen LogP contribution in [0.25, 0.3) is 0 Å². The molecule has 1 aromatic rings. The van der Waals surface area contributed by atoms with E-state index in [0.29, 0.717) is 6.42 Å². The Bertz CT molecular complexity index is 528. The van der Waals surface area contributed by atoms with Gasteiger partial charge in [-0.2, -0.15) is 0 Å². The third kappa shape index (κ3) is 3.70. The molecule has 2 rings (SSSR count). The van der Waals surface area contributed by atoms with Crippen molar-refractivity contribution in [3.05, 3.63) is 29.8 Å². The minimum absolute atomic E-state index is 0.137. The summed E-state index contributed by atoms with van der Waals surface area (Å²) in [7, 11) is -2.87. The molecule has 0 radical (unpaired) electrons. The van der Waals surface area contributed by atoms with Gasteiger partial charge in [-0.3, -0.25) is 0 Å². The van der Waals surface area contributed by atoms with Gasteiger partial charge in [-0.25, -0.2) is 8.42 Å². The lowest BCUT2D eigenvalue weighted by Gasteiger charge is -2.34. The Labute approximate surface area is 115 Å². The van der Waals surface area contributed by atoms with Crippen molar-refractivity contribution < 1.29 is 8.42 Å². The molecule has 0 saturated carbocycles. The molecule has 106 valence electrons. The van der Waals surface area contributed by atoms with E-state index < -0.39 is 9.84 Å². The molecule has 0 spiro atoms. The van der Waals surface area contributed by atoms with Crippen LogP contribution in [0, 0.1) is 0 Å². The summed E-state index contributed by atoms with van der Waals surface area (Å²) in [6.07, 6.45) is 1.57. The predicted octanol–water partition coefficient (Wildman–Crippen LogP) is 1.20. The molecule has 0 fully saturated rings. The van der Waals surface area contributed by atoms with E-state index >= 15 is 0 Å². The zero-order valence-corrected chi connectivity index (χ0v) is 12.2. The van der Waals surface area contributed by atoms with Crippen LogP contribution in [0.2, 0.25) is 0 Å². The van der Waals surface area contributed by atoms with Gasteiger partial charge in [0.2, 0.25) is 0 Å². The number of nitrogens with zero attached hydrogens (tertiary/aromatic N) is 1. The summed E-state index contributed by atoms with van der Waals surface area (Å²) in [4.78, 5) is 2.22. The molecule has 0 saturated heterocycles. The zero-order valence-electron chi connectivity index (χ0n) is 11.4. The Morgan fingerprint density at radius 3 is 2.84 bits per heavy atom. The van der Waals surface area contributed by atoms with Gasteiger partial charge in [0.25, 0.3) is 0 Å². The summed E-state index contributed by atoms with van der Waals surface area (Å²) >= 11 is 0. The maximum atomic E-state index is 11.5. The Morgan fingerprint density at radius 1 is 1.37 bits per heavy atom. The molecule has 1 unspecified atom stereocenters. The number of hydrogen-bond donors (Lipinski definition) is 1. The Kier molecular flexibility index (Phi) is 4.47. The third-order valence-corrected chi connectivity index (χ3v) is 5.38. The topological polar surface area (TPSA) is 63.4 Å². The molecule has 5 heteroatoms. The van der Waals surface area contributed by atoms with Gasteiger partial charge >= 0.3 is 0 Å². The molecule has 2 N–H and O–H groups in total. The van der Waals surface area contributed by atoms with E-state index in [4.69, 9.17) is 5.73 Å². The number of fused-ring (bicyclic) bond motifs is 1. The van der Waals surface area contributed by atoms with Crippen LogP contribution in [0.5, 0.6) is 0 Å². The normalized spacial score (nSPS) is 19.3. The van der Waals surface area contributed by atoms with Crippen molar-refractivity contribution in [3.63, 3.8) is 0 Å². The quantitative estimate of drug-likeness (QED) is 0.881. The molecule has 1 aliphatic heterocycles. The Hall–Kier alpha value is -1.07. The Balaban J connectivity index is 2.01. The van der Waals surface area contributed by atoms with E-state index in [-0.39, 0.29) is 17.5 Å². The number of anilines is 1. The fourth-order valence-corrected chi connectivity index (χ4v) is 3.41. The van der Waals surface area contributed by atoms with Crippen molar-refractivity contribution in [3.8, 4) is 0 Å². The number of sulfone groups is 1. The van der Waals surface area contributed by atoms with Gasteiger partial charge in [0.05, 0.1) is 5.75 Å². The third-order valence-electron chi connectivity index (χ3n) is 3.59. The first-order valence-corrected chi connectivity index (χ1v) is 8.63. The van der Waals surface area contributed by atoms with Crippen LogP contribution in [-0.2, 0) is 16.3 Å². The molecule has 1 heterocycles. The second-order valence-electron chi connectivity index (χ2n) is 5.13. The van der Waals surface area contributed by atoms with Crippen molar-refractivity contribution in [1.29, 1.82) is 0 Å². The number of para-hydroxylation sites is 1. The second kappa shape index (κ2) is 5.92. The minimum Gasteiger partial charge on any atom is -0.370 e. The summed E-state index contributed by atoms with van der Waals surface area (Å²) < 4.78 is 23.0. The lowest BCUT2D eigenvalue weighted by molar-refractivity contribution is 0.582. The first kappa shape index (κ1) is 14.3. The summed E-state index contributed by atoms with van der Waals surface area (Å²) in [6, 6.07) is 8.37. The molecule has 1 atom stereocenters. The van der Waals surface area contributed by atoms with Crippen LogP contribution >= 0.6 is 0 Å². The van der Waals surface area contributed by atoms with Gasteiger partial charge in [-0.1, -0.05) is 25.1 Å². The smallest absolute Gasteiger partial charge is 0.150 e. The molecule has 1 aliphatic rings. The van der Waals surface area contributed by atoms with Gasteiger partial charge < -0.3 is 10.6 Å². The minimum atomic E-state index is -2.87. The molecular weight excluding hydrogens is 260 g/mol. The number of nitrogens with two attached hydrogens (primary N) is 1. The summed E-state index contributed by atoms with van der Waals surface area (Å²) in [5.74, 6) is 0.487. The SMILES string of the molecule is CCS(=O)(=O)CCCN1CC(N)Cc2ccccc21.